The SMILES string of the molecule is CC[C@H](C)c1ccccc1NC(=O)Cn1cc([N+](=O)[O-])cc(C#N)c1=O. The number of carbonyl (C=O) groups excluding carboxylic acids is 1. The minimum Gasteiger partial charge on any atom is -0.324 e. The van der Waals surface area contributed by atoms with Crippen LogP contribution in [0.2, 0.25) is 0 Å². The lowest BCUT2D eigenvalue weighted by Gasteiger charge is -2.16. The average Bonchev–Trinajstić information content (AvgIpc) is 2.62. The molecule has 0 saturated heterocycles. The number of rotatable bonds is 6. The van der Waals surface area contributed by atoms with Gasteiger partial charge in [-0.3, -0.25) is 24.3 Å². The van der Waals surface area contributed by atoms with E-state index in [1.54, 1.807) is 18.2 Å². The Morgan fingerprint density at radius 2 is 2.12 bits per heavy atom. The maximum absolute atomic E-state index is 12.4. The summed E-state index contributed by atoms with van der Waals surface area (Å²) in [6.07, 6.45) is 1.85. The Hall–Kier alpha value is -3.47. The minimum atomic E-state index is -0.747. The van der Waals surface area contributed by atoms with Crippen LogP contribution in [-0.2, 0) is 11.3 Å². The lowest BCUT2D eigenvalue weighted by atomic mass is 9.97. The zero-order valence-corrected chi connectivity index (χ0v) is 14.4. The number of nitrogens with zero attached hydrogens (tertiary/aromatic N) is 3. The summed E-state index contributed by atoms with van der Waals surface area (Å²) in [5.41, 5.74) is 0.0442. The molecule has 0 bridgehead atoms. The monoisotopic (exact) mass is 354 g/mol. The maximum Gasteiger partial charge on any atom is 0.287 e. The Labute approximate surface area is 149 Å². The fraction of sp³-hybridized carbons (Fsp3) is 0.278. The van der Waals surface area contributed by atoms with E-state index in [2.05, 4.69) is 5.32 Å². The number of pyridine rings is 1. The van der Waals surface area contributed by atoms with Crippen LogP contribution in [0.5, 0.6) is 0 Å². The average molecular weight is 354 g/mol. The van der Waals surface area contributed by atoms with Gasteiger partial charge in [0.05, 0.1) is 11.1 Å². The molecular weight excluding hydrogens is 336 g/mol. The predicted molar refractivity (Wildman–Crippen MR) is 95.8 cm³/mol. The maximum atomic E-state index is 12.4. The molecule has 1 N–H and O–H groups in total. The van der Waals surface area contributed by atoms with Gasteiger partial charge in [-0.1, -0.05) is 32.0 Å². The van der Waals surface area contributed by atoms with Crippen molar-refractivity contribution in [2.24, 2.45) is 0 Å². The van der Waals surface area contributed by atoms with Crippen molar-refractivity contribution in [1.82, 2.24) is 4.57 Å². The Kier molecular flexibility index (Phi) is 5.86. The van der Waals surface area contributed by atoms with Crippen LogP contribution in [0, 0.1) is 21.4 Å². The highest BCUT2D eigenvalue weighted by molar-refractivity contribution is 5.91. The van der Waals surface area contributed by atoms with Crippen molar-refractivity contribution in [3.05, 3.63) is 68.1 Å². The van der Waals surface area contributed by atoms with Crippen LogP contribution >= 0.6 is 0 Å². The van der Waals surface area contributed by atoms with Crippen LogP contribution in [-0.4, -0.2) is 15.4 Å². The molecule has 0 aliphatic rings. The molecule has 1 atom stereocenters. The summed E-state index contributed by atoms with van der Waals surface area (Å²) >= 11 is 0. The van der Waals surface area contributed by atoms with Gasteiger partial charge in [0.1, 0.15) is 18.2 Å². The van der Waals surface area contributed by atoms with Gasteiger partial charge in [0, 0.05) is 11.8 Å². The number of nitrogens with one attached hydrogen (secondary N) is 1. The zero-order valence-electron chi connectivity index (χ0n) is 14.4. The van der Waals surface area contributed by atoms with Crippen LogP contribution in [0.25, 0.3) is 0 Å². The fourth-order valence-corrected chi connectivity index (χ4v) is 2.52. The highest BCUT2D eigenvalue weighted by Gasteiger charge is 2.16. The summed E-state index contributed by atoms with van der Waals surface area (Å²) in [6, 6.07) is 9.85. The third kappa shape index (κ3) is 4.13. The Morgan fingerprint density at radius 3 is 2.73 bits per heavy atom. The second-order valence-corrected chi connectivity index (χ2v) is 5.86. The molecule has 134 valence electrons. The molecule has 8 heteroatoms. The van der Waals surface area contributed by atoms with E-state index >= 15 is 0 Å². The Balaban J connectivity index is 2.30. The lowest BCUT2D eigenvalue weighted by Crippen LogP contribution is -2.29. The van der Waals surface area contributed by atoms with Crippen molar-refractivity contribution in [1.29, 1.82) is 5.26 Å². The highest BCUT2D eigenvalue weighted by atomic mass is 16.6. The number of aromatic nitrogens is 1. The van der Waals surface area contributed by atoms with Gasteiger partial charge in [0.15, 0.2) is 0 Å². The van der Waals surface area contributed by atoms with Crippen LogP contribution in [0.4, 0.5) is 11.4 Å². The summed E-state index contributed by atoms with van der Waals surface area (Å²) in [5.74, 6) is -0.274. The number of para-hydroxylation sites is 1. The highest BCUT2D eigenvalue weighted by Crippen LogP contribution is 2.26. The van der Waals surface area contributed by atoms with E-state index in [0.717, 1.165) is 28.8 Å². The van der Waals surface area contributed by atoms with Gasteiger partial charge in [-0.2, -0.15) is 5.26 Å². The number of anilines is 1. The van der Waals surface area contributed by atoms with Crippen molar-refractivity contribution < 1.29 is 9.72 Å². The molecule has 0 radical (unpaired) electrons. The summed E-state index contributed by atoms with van der Waals surface area (Å²) in [6.45, 7) is 3.65. The molecule has 1 amide bonds. The van der Waals surface area contributed by atoms with Gasteiger partial charge in [0.25, 0.3) is 11.2 Å². The van der Waals surface area contributed by atoms with Gasteiger partial charge in [-0.15, -0.1) is 0 Å². The first-order valence-electron chi connectivity index (χ1n) is 8.05. The molecule has 8 nitrogen and oxygen atoms in total. The quantitative estimate of drug-likeness (QED) is 0.632. The molecule has 26 heavy (non-hydrogen) atoms. The van der Waals surface area contributed by atoms with Crippen LogP contribution in [0.15, 0.2) is 41.3 Å². The minimum absolute atomic E-state index is 0.234. The van der Waals surface area contributed by atoms with E-state index in [9.17, 15) is 19.7 Å². The topological polar surface area (TPSA) is 118 Å². The molecule has 0 aliphatic carbocycles. The van der Waals surface area contributed by atoms with E-state index in [4.69, 9.17) is 5.26 Å². The number of nitro groups is 1. The lowest BCUT2D eigenvalue weighted by molar-refractivity contribution is -0.385. The molecule has 0 fully saturated rings. The van der Waals surface area contributed by atoms with Crippen molar-refractivity contribution in [3.63, 3.8) is 0 Å². The molecule has 0 saturated carbocycles. The van der Waals surface area contributed by atoms with Crippen molar-refractivity contribution in [2.45, 2.75) is 32.7 Å². The molecule has 2 rings (SSSR count). The second-order valence-electron chi connectivity index (χ2n) is 5.86. The largest absolute Gasteiger partial charge is 0.324 e. The van der Waals surface area contributed by atoms with Gasteiger partial charge < -0.3 is 5.32 Å². The number of hydrogen-bond donors (Lipinski definition) is 1. The van der Waals surface area contributed by atoms with Crippen molar-refractivity contribution >= 4 is 17.3 Å². The normalized spacial score (nSPS) is 11.4. The van der Waals surface area contributed by atoms with Crippen LogP contribution in [0.3, 0.4) is 0 Å². The van der Waals surface area contributed by atoms with E-state index in [1.165, 1.54) is 0 Å². The third-order valence-corrected chi connectivity index (χ3v) is 4.09. The molecule has 1 aromatic heterocycles. The zero-order chi connectivity index (χ0) is 19.3. The molecule has 2 aromatic rings. The van der Waals surface area contributed by atoms with Gasteiger partial charge in [-0.05, 0) is 24.0 Å². The fourth-order valence-electron chi connectivity index (χ4n) is 2.52. The van der Waals surface area contributed by atoms with Gasteiger partial charge in [-0.25, -0.2) is 0 Å². The number of hydrogen-bond acceptors (Lipinski definition) is 5. The van der Waals surface area contributed by atoms with Gasteiger partial charge >= 0.3 is 0 Å². The molecular formula is C18H18N4O4. The molecule has 1 aromatic carbocycles. The standard InChI is InChI=1S/C18H18N4O4/c1-3-12(2)15-6-4-5-7-16(15)20-17(23)11-21-10-14(22(25)26)8-13(9-19)18(21)24/h4-8,10,12H,3,11H2,1-2H3,(H,20,23)/t12-/m0/s1. The first-order valence-corrected chi connectivity index (χ1v) is 8.05. The Morgan fingerprint density at radius 1 is 1.42 bits per heavy atom. The van der Waals surface area contributed by atoms with Crippen LogP contribution in [0.1, 0.15) is 37.3 Å². The molecule has 0 unspecified atom stereocenters. The first-order chi connectivity index (χ1) is 12.4. The Bertz CT molecular complexity index is 943. The smallest absolute Gasteiger partial charge is 0.287 e. The van der Waals surface area contributed by atoms with E-state index in [1.807, 2.05) is 26.0 Å². The number of amides is 1. The summed E-state index contributed by atoms with van der Waals surface area (Å²) in [5, 5.41) is 22.6. The van der Waals surface area contributed by atoms with Gasteiger partial charge in [0.2, 0.25) is 5.91 Å². The molecule has 0 spiro atoms. The van der Waals surface area contributed by atoms with Crippen molar-refractivity contribution in [2.75, 3.05) is 5.32 Å². The first kappa shape index (κ1) is 18.9. The number of carbonyl (C=O) groups is 1. The molecule has 0 aliphatic heterocycles. The van der Waals surface area contributed by atoms with Crippen LogP contribution < -0.4 is 10.9 Å². The van der Waals surface area contributed by atoms with Crippen molar-refractivity contribution in [3.8, 4) is 6.07 Å². The number of nitriles is 1. The number of benzene rings is 1. The molecule has 1 heterocycles. The predicted octanol–water partition coefficient (Wildman–Crippen LogP) is 2.78. The summed E-state index contributed by atoms with van der Waals surface area (Å²) < 4.78 is 0.873. The van der Waals surface area contributed by atoms with E-state index in [-0.39, 0.29) is 11.5 Å². The second kappa shape index (κ2) is 8.07. The summed E-state index contributed by atoms with van der Waals surface area (Å²) in [7, 11) is 0. The van der Waals surface area contributed by atoms with E-state index < -0.39 is 28.6 Å². The third-order valence-electron chi connectivity index (χ3n) is 4.09. The summed E-state index contributed by atoms with van der Waals surface area (Å²) in [4.78, 5) is 34.7. The van der Waals surface area contributed by atoms with E-state index in [0.29, 0.717) is 5.69 Å².